The first-order chi connectivity index (χ1) is 16.5. The molecule has 1 N–H and O–H groups in total. The summed E-state index contributed by atoms with van der Waals surface area (Å²) in [7, 11) is 3.23. The molecule has 0 aliphatic carbocycles. The molecule has 0 fully saturated rings. The normalized spacial score (nSPS) is 11.5. The third-order valence-corrected chi connectivity index (χ3v) is 6.06. The SMILES string of the molecule is CCc1ccc(CCC(=O)N(Cc2cccc(OC)c2)C(Cc2ccccc2)C(=O)NC)cc1. The maximum absolute atomic E-state index is 13.6. The van der Waals surface area contributed by atoms with Gasteiger partial charge in [0.1, 0.15) is 11.8 Å². The van der Waals surface area contributed by atoms with Gasteiger partial charge in [0, 0.05) is 26.4 Å². The molecule has 3 rings (SSSR count). The van der Waals surface area contributed by atoms with Gasteiger partial charge in [-0.25, -0.2) is 0 Å². The van der Waals surface area contributed by atoms with Crippen molar-refractivity contribution in [3.05, 3.63) is 101 Å². The highest BCUT2D eigenvalue weighted by atomic mass is 16.5. The predicted octanol–water partition coefficient (Wildman–Crippen LogP) is 4.58. The fourth-order valence-electron chi connectivity index (χ4n) is 4.02. The van der Waals surface area contributed by atoms with Gasteiger partial charge in [-0.15, -0.1) is 0 Å². The molecule has 0 heterocycles. The number of aryl methyl sites for hydroxylation is 2. The van der Waals surface area contributed by atoms with Gasteiger partial charge in [0.25, 0.3) is 0 Å². The molecule has 0 saturated heterocycles. The van der Waals surface area contributed by atoms with E-state index in [1.54, 1.807) is 19.1 Å². The van der Waals surface area contributed by atoms with Crippen molar-refractivity contribution in [3.63, 3.8) is 0 Å². The second-order valence-electron chi connectivity index (χ2n) is 8.36. The van der Waals surface area contributed by atoms with Gasteiger partial charge in [-0.05, 0) is 47.2 Å². The first-order valence-electron chi connectivity index (χ1n) is 11.8. The molecule has 0 bridgehead atoms. The molecule has 0 aliphatic rings. The van der Waals surface area contributed by atoms with Gasteiger partial charge < -0.3 is 15.0 Å². The molecule has 34 heavy (non-hydrogen) atoms. The zero-order valence-electron chi connectivity index (χ0n) is 20.3. The number of rotatable bonds is 11. The molecule has 1 unspecified atom stereocenters. The van der Waals surface area contributed by atoms with Crippen LogP contribution in [0.15, 0.2) is 78.9 Å². The topological polar surface area (TPSA) is 58.6 Å². The first kappa shape index (κ1) is 25.0. The van der Waals surface area contributed by atoms with Crippen LogP contribution in [-0.2, 0) is 35.4 Å². The minimum Gasteiger partial charge on any atom is -0.497 e. The zero-order chi connectivity index (χ0) is 24.3. The van der Waals surface area contributed by atoms with E-state index in [0.29, 0.717) is 25.8 Å². The lowest BCUT2D eigenvalue weighted by Crippen LogP contribution is -2.49. The van der Waals surface area contributed by atoms with Crippen LogP contribution in [0.1, 0.15) is 35.6 Å². The average molecular weight is 459 g/mol. The van der Waals surface area contributed by atoms with E-state index in [9.17, 15) is 9.59 Å². The Hall–Kier alpha value is -3.60. The third kappa shape index (κ3) is 6.95. The van der Waals surface area contributed by atoms with Crippen molar-refractivity contribution in [2.75, 3.05) is 14.2 Å². The lowest BCUT2D eigenvalue weighted by molar-refractivity contribution is -0.141. The van der Waals surface area contributed by atoms with Crippen LogP contribution in [0.25, 0.3) is 0 Å². The lowest BCUT2D eigenvalue weighted by Gasteiger charge is -2.31. The highest BCUT2D eigenvalue weighted by Crippen LogP contribution is 2.20. The van der Waals surface area contributed by atoms with Crippen LogP contribution in [0, 0.1) is 0 Å². The molecular weight excluding hydrogens is 424 g/mol. The number of nitrogens with zero attached hydrogens (tertiary/aromatic N) is 1. The van der Waals surface area contributed by atoms with E-state index in [0.717, 1.165) is 28.9 Å². The average Bonchev–Trinajstić information content (AvgIpc) is 2.89. The maximum atomic E-state index is 13.6. The van der Waals surface area contributed by atoms with Gasteiger partial charge in [-0.1, -0.05) is 73.7 Å². The number of methoxy groups -OCH3 is 1. The Bertz CT molecular complexity index is 1060. The molecule has 2 amide bonds. The Morgan fingerprint density at radius 2 is 1.56 bits per heavy atom. The highest BCUT2D eigenvalue weighted by molar-refractivity contribution is 5.88. The van der Waals surface area contributed by atoms with Crippen LogP contribution in [-0.4, -0.2) is 36.9 Å². The van der Waals surface area contributed by atoms with E-state index in [1.165, 1.54) is 5.56 Å². The Labute approximate surface area is 202 Å². The molecule has 0 radical (unpaired) electrons. The van der Waals surface area contributed by atoms with Gasteiger partial charge in [-0.3, -0.25) is 9.59 Å². The van der Waals surface area contributed by atoms with E-state index in [2.05, 4.69) is 36.5 Å². The Balaban J connectivity index is 1.86. The monoisotopic (exact) mass is 458 g/mol. The summed E-state index contributed by atoms with van der Waals surface area (Å²) >= 11 is 0. The Kier molecular flexibility index (Phi) is 9.27. The van der Waals surface area contributed by atoms with Crippen molar-refractivity contribution >= 4 is 11.8 Å². The molecule has 1 atom stereocenters. The Morgan fingerprint density at radius 3 is 2.21 bits per heavy atom. The van der Waals surface area contributed by atoms with E-state index < -0.39 is 6.04 Å². The van der Waals surface area contributed by atoms with Crippen molar-refractivity contribution in [2.24, 2.45) is 0 Å². The molecule has 3 aromatic rings. The van der Waals surface area contributed by atoms with E-state index in [-0.39, 0.29) is 11.8 Å². The van der Waals surface area contributed by atoms with Crippen molar-refractivity contribution in [1.29, 1.82) is 0 Å². The molecule has 5 nitrogen and oxygen atoms in total. The molecular formula is C29H34N2O3. The summed E-state index contributed by atoms with van der Waals surface area (Å²) in [4.78, 5) is 28.3. The minimum absolute atomic E-state index is 0.0491. The molecule has 178 valence electrons. The maximum Gasteiger partial charge on any atom is 0.242 e. The standard InChI is InChI=1S/C29H34N2O3/c1-4-22-13-15-23(16-14-22)17-18-28(32)31(21-25-11-8-12-26(19-25)34-3)27(29(33)30-2)20-24-9-6-5-7-10-24/h5-16,19,27H,4,17-18,20-21H2,1-3H3,(H,30,33). The number of carbonyl (C=O) groups excluding carboxylic acids is 2. The third-order valence-electron chi connectivity index (χ3n) is 6.06. The van der Waals surface area contributed by atoms with Crippen molar-refractivity contribution < 1.29 is 14.3 Å². The van der Waals surface area contributed by atoms with Crippen LogP contribution >= 0.6 is 0 Å². The van der Waals surface area contributed by atoms with Crippen LogP contribution in [0.4, 0.5) is 0 Å². The smallest absolute Gasteiger partial charge is 0.242 e. The molecule has 0 aliphatic heterocycles. The number of hydrogen-bond acceptors (Lipinski definition) is 3. The fourth-order valence-corrected chi connectivity index (χ4v) is 4.02. The number of benzene rings is 3. The highest BCUT2D eigenvalue weighted by Gasteiger charge is 2.29. The summed E-state index contributed by atoms with van der Waals surface area (Å²) < 4.78 is 5.36. The molecule has 0 aromatic heterocycles. The number of carbonyl (C=O) groups is 2. The molecule has 0 saturated carbocycles. The minimum atomic E-state index is -0.617. The molecule has 0 spiro atoms. The summed E-state index contributed by atoms with van der Waals surface area (Å²) in [5.41, 5.74) is 4.32. The van der Waals surface area contributed by atoms with Crippen molar-refractivity contribution in [2.45, 2.75) is 45.2 Å². The lowest BCUT2D eigenvalue weighted by atomic mass is 10.0. The zero-order valence-corrected chi connectivity index (χ0v) is 20.3. The van der Waals surface area contributed by atoms with Crippen LogP contribution in [0.5, 0.6) is 5.75 Å². The summed E-state index contributed by atoms with van der Waals surface area (Å²) in [6.45, 7) is 2.45. The fraction of sp³-hybridized carbons (Fsp3) is 0.310. The quantitative estimate of drug-likeness (QED) is 0.458. The van der Waals surface area contributed by atoms with Crippen molar-refractivity contribution in [3.8, 4) is 5.75 Å². The number of likely N-dealkylation sites (N-methyl/N-ethyl adjacent to an activating group) is 1. The van der Waals surface area contributed by atoms with Gasteiger partial charge in [0.05, 0.1) is 7.11 Å². The van der Waals surface area contributed by atoms with Crippen LogP contribution < -0.4 is 10.1 Å². The van der Waals surface area contributed by atoms with E-state index in [1.807, 2.05) is 54.6 Å². The van der Waals surface area contributed by atoms with Gasteiger partial charge >= 0.3 is 0 Å². The number of hydrogen-bond donors (Lipinski definition) is 1. The summed E-state index contributed by atoms with van der Waals surface area (Å²) in [5, 5.41) is 2.76. The van der Waals surface area contributed by atoms with Gasteiger partial charge in [-0.2, -0.15) is 0 Å². The van der Waals surface area contributed by atoms with Crippen LogP contribution in [0.2, 0.25) is 0 Å². The summed E-state index contributed by atoms with van der Waals surface area (Å²) in [6.07, 6.45) is 2.39. The number of ether oxygens (including phenoxy) is 1. The largest absolute Gasteiger partial charge is 0.497 e. The van der Waals surface area contributed by atoms with Crippen molar-refractivity contribution in [1.82, 2.24) is 10.2 Å². The second kappa shape index (κ2) is 12.6. The summed E-state index contributed by atoms with van der Waals surface area (Å²) in [6, 6.07) is 25.2. The summed E-state index contributed by atoms with van der Waals surface area (Å²) in [5.74, 6) is 0.500. The van der Waals surface area contributed by atoms with Gasteiger partial charge in [0.2, 0.25) is 11.8 Å². The molecule has 5 heteroatoms. The van der Waals surface area contributed by atoms with Crippen LogP contribution in [0.3, 0.4) is 0 Å². The molecule has 3 aromatic carbocycles. The Morgan fingerprint density at radius 1 is 0.882 bits per heavy atom. The predicted molar refractivity (Wildman–Crippen MR) is 136 cm³/mol. The van der Waals surface area contributed by atoms with E-state index in [4.69, 9.17) is 4.74 Å². The van der Waals surface area contributed by atoms with Gasteiger partial charge in [0.15, 0.2) is 0 Å². The number of nitrogens with one attached hydrogen (secondary N) is 1. The van der Waals surface area contributed by atoms with E-state index >= 15 is 0 Å². The first-order valence-corrected chi connectivity index (χ1v) is 11.8. The number of amides is 2. The second-order valence-corrected chi connectivity index (χ2v) is 8.36.